The minimum atomic E-state index is -0.607. The van der Waals surface area contributed by atoms with Gasteiger partial charge in [-0.25, -0.2) is 0 Å². The van der Waals surface area contributed by atoms with Gasteiger partial charge in [0.15, 0.2) is 5.78 Å². The van der Waals surface area contributed by atoms with Crippen LogP contribution in [0.1, 0.15) is 28.8 Å². The molecule has 4 unspecified atom stereocenters. The fourth-order valence-electron chi connectivity index (χ4n) is 4.39. The molecule has 1 saturated heterocycles. The molecular formula is C23H21ClN2O2. The largest absolute Gasteiger partial charge is 0.368 e. The second-order valence-electron chi connectivity index (χ2n) is 7.34. The van der Waals surface area contributed by atoms with E-state index in [-0.39, 0.29) is 17.7 Å². The van der Waals surface area contributed by atoms with Crippen LogP contribution in [-0.2, 0) is 4.79 Å². The summed E-state index contributed by atoms with van der Waals surface area (Å²) < 4.78 is 0. The fraction of sp³-hybridized carbons (Fsp3) is 0.217. The Labute approximate surface area is 169 Å². The minimum Gasteiger partial charge on any atom is -0.368 e. The van der Waals surface area contributed by atoms with Crippen molar-refractivity contribution in [1.82, 2.24) is 4.90 Å². The molecule has 5 heteroatoms. The van der Waals surface area contributed by atoms with Crippen LogP contribution in [0.3, 0.4) is 0 Å². The van der Waals surface area contributed by atoms with Crippen molar-refractivity contribution in [3.8, 4) is 0 Å². The lowest BCUT2D eigenvalue weighted by molar-refractivity contribution is -0.122. The SMILES string of the molecule is CC1=CC2C(C(=O)c3ccccc3)C(c3ccc(Cl)cc3)C(C(N)=O)N2C=C1. The molecule has 2 aliphatic rings. The highest BCUT2D eigenvalue weighted by atomic mass is 35.5. The van der Waals surface area contributed by atoms with Crippen molar-refractivity contribution in [3.05, 3.63) is 94.7 Å². The summed E-state index contributed by atoms with van der Waals surface area (Å²) in [4.78, 5) is 28.0. The summed E-state index contributed by atoms with van der Waals surface area (Å²) in [7, 11) is 0. The first-order chi connectivity index (χ1) is 13.5. The molecular weight excluding hydrogens is 372 g/mol. The lowest BCUT2D eigenvalue weighted by Gasteiger charge is -2.29. The molecule has 1 amide bonds. The molecule has 2 aromatic carbocycles. The molecule has 1 fully saturated rings. The molecule has 2 N–H and O–H groups in total. The average molecular weight is 393 g/mol. The summed E-state index contributed by atoms with van der Waals surface area (Å²) in [6.45, 7) is 1.99. The van der Waals surface area contributed by atoms with Crippen LogP contribution in [0.15, 0.2) is 78.5 Å². The van der Waals surface area contributed by atoms with E-state index in [2.05, 4.69) is 6.08 Å². The Kier molecular flexibility index (Phi) is 4.82. The summed E-state index contributed by atoms with van der Waals surface area (Å²) in [5, 5.41) is 0.608. The van der Waals surface area contributed by atoms with Crippen LogP contribution >= 0.6 is 11.6 Å². The predicted octanol–water partition coefficient (Wildman–Crippen LogP) is 3.93. The number of nitrogens with zero attached hydrogens (tertiary/aromatic N) is 1. The topological polar surface area (TPSA) is 63.4 Å². The summed E-state index contributed by atoms with van der Waals surface area (Å²) in [5.74, 6) is -1.22. The van der Waals surface area contributed by atoms with E-state index in [0.29, 0.717) is 10.6 Å². The van der Waals surface area contributed by atoms with Gasteiger partial charge in [0.25, 0.3) is 0 Å². The lowest BCUT2D eigenvalue weighted by atomic mass is 9.77. The molecule has 2 aliphatic heterocycles. The third kappa shape index (κ3) is 3.14. The number of nitrogens with two attached hydrogens (primary N) is 1. The number of halogens is 1. The Morgan fingerprint density at radius 3 is 2.36 bits per heavy atom. The minimum absolute atomic E-state index is 0.0126. The van der Waals surface area contributed by atoms with Crippen molar-refractivity contribution < 1.29 is 9.59 Å². The molecule has 0 aliphatic carbocycles. The molecule has 142 valence electrons. The number of fused-ring (bicyclic) bond motifs is 1. The lowest BCUT2D eigenvalue weighted by Crippen LogP contribution is -2.43. The molecule has 0 radical (unpaired) electrons. The van der Waals surface area contributed by atoms with Gasteiger partial charge in [-0.15, -0.1) is 0 Å². The van der Waals surface area contributed by atoms with Gasteiger partial charge in [-0.1, -0.05) is 65.7 Å². The Bertz CT molecular complexity index is 966. The summed E-state index contributed by atoms with van der Waals surface area (Å²) in [5.41, 5.74) is 8.41. The number of ketones is 1. The maximum atomic E-state index is 13.6. The Morgan fingerprint density at radius 1 is 1.04 bits per heavy atom. The summed E-state index contributed by atoms with van der Waals surface area (Å²) in [6, 6.07) is 15.7. The van der Waals surface area contributed by atoms with Crippen LogP contribution in [0.2, 0.25) is 5.02 Å². The highest BCUT2D eigenvalue weighted by molar-refractivity contribution is 6.30. The molecule has 2 aromatic rings. The van der Waals surface area contributed by atoms with E-state index in [1.54, 1.807) is 12.1 Å². The van der Waals surface area contributed by atoms with Gasteiger partial charge in [0.05, 0.1) is 12.0 Å². The van der Waals surface area contributed by atoms with Gasteiger partial charge in [0.2, 0.25) is 5.91 Å². The van der Waals surface area contributed by atoms with Crippen LogP contribution in [-0.4, -0.2) is 28.7 Å². The van der Waals surface area contributed by atoms with E-state index < -0.39 is 17.9 Å². The van der Waals surface area contributed by atoms with Gasteiger partial charge in [-0.2, -0.15) is 0 Å². The molecule has 4 rings (SSSR count). The van der Waals surface area contributed by atoms with Crippen molar-refractivity contribution in [2.24, 2.45) is 11.7 Å². The number of amides is 1. The number of hydrogen-bond acceptors (Lipinski definition) is 3. The highest BCUT2D eigenvalue weighted by Crippen LogP contribution is 2.46. The monoisotopic (exact) mass is 392 g/mol. The molecule has 4 atom stereocenters. The number of carbonyl (C=O) groups is 2. The van der Waals surface area contributed by atoms with Crippen LogP contribution in [0.5, 0.6) is 0 Å². The van der Waals surface area contributed by atoms with Crippen LogP contribution in [0, 0.1) is 5.92 Å². The molecule has 0 bridgehead atoms. The normalized spacial score (nSPS) is 25.9. The number of Topliss-reactive ketones (excluding diaryl/α,β-unsaturated/α-hetero) is 1. The third-order valence-electron chi connectivity index (χ3n) is 5.61. The van der Waals surface area contributed by atoms with Gasteiger partial charge in [0, 0.05) is 22.7 Å². The smallest absolute Gasteiger partial charge is 0.240 e. The number of primary amides is 1. The van der Waals surface area contributed by atoms with E-state index in [4.69, 9.17) is 17.3 Å². The maximum Gasteiger partial charge on any atom is 0.240 e. The quantitative estimate of drug-likeness (QED) is 0.802. The van der Waals surface area contributed by atoms with Gasteiger partial charge in [-0.05, 0) is 30.7 Å². The molecule has 4 nitrogen and oxygen atoms in total. The first kappa shape index (κ1) is 18.5. The molecule has 0 spiro atoms. The summed E-state index contributed by atoms with van der Waals surface area (Å²) in [6.07, 6.45) is 5.88. The second-order valence-corrected chi connectivity index (χ2v) is 7.78. The second kappa shape index (κ2) is 7.28. The Balaban J connectivity index is 1.87. The number of benzene rings is 2. The van der Waals surface area contributed by atoms with Crippen LogP contribution in [0.25, 0.3) is 0 Å². The zero-order chi connectivity index (χ0) is 19.8. The Hall–Kier alpha value is -2.85. The average Bonchev–Trinajstić information content (AvgIpc) is 3.03. The summed E-state index contributed by atoms with van der Waals surface area (Å²) >= 11 is 6.06. The number of hydrogen-bond donors (Lipinski definition) is 1. The van der Waals surface area contributed by atoms with Crippen molar-refractivity contribution in [2.75, 3.05) is 0 Å². The van der Waals surface area contributed by atoms with Crippen molar-refractivity contribution in [3.63, 3.8) is 0 Å². The molecule has 2 heterocycles. The van der Waals surface area contributed by atoms with Gasteiger partial charge < -0.3 is 10.6 Å². The van der Waals surface area contributed by atoms with Crippen molar-refractivity contribution in [1.29, 1.82) is 0 Å². The fourth-order valence-corrected chi connectivity index (χ4v) is 4.51. The van der Waals surface area contributed by atoms with Crippen LogP contribution < -0.4 is 5.73 Å². The zero-order valence-corrected chi connectivity index (χ0v) is 16.2. The van der Waals surface area contributed by atoms with E-state index in [1.165, 1.54) is 0 Å². The first-order valence-electron chi connectivity index (χ1n) is 9.25. The van der Waals surface area contributed by atoms with Gasteiger partial charge >= 0.3 is 0 Å². The van der Waals surface area contributed by atoms with Crippen molar-refractivity contribution >= 4 is 23.3 Å². The van der Waals surface area contributed by atoms with Gasteiger partial charge in [0.1, 0.15) is 6.04 Å². The van der Waals surface area contributed by atoms with E-state index in [9.17, 15) is 9.59 Å². The predicted molar refractivity (Wildman–Crippen MR) is 110 cm³/mol. The highest BCUT2D eigenvalue weighted by Gasteiger charge is 2.53. The number of carbonyl (C=O) groups excluding carboxylic acids is 2. The van der Waals surface area contributed by atoms with Crippen LogP contribution in [0.4, 0.5) is 0 Å². The zero-order valence-electron chi connectivity index (χ0n) is 15.5. The molecule has 28 heavy (non-hydrogen) atoms. The molecule has 0 saturated carbocycles. The maximum absolute atomic E-state index is 13.6. The van der Waals surface area contributed by atoms with E-state index in [0.717, 1.165) is 11.1 Å². The molecule has 0 aromatic heterocycles. The van der Waals surface area contributed by atoms with E-state index >= 15 is 0 Å². The Morgan fingerprint density at radius 2 is 1.71 bits per heavy atom. The number of allylic oxidation sites excluding steroid dienone is 2. The van der Waals surface area contributed by atoms with E-state index in [1.807, 2.05) is 66.6 Å². The number of rotatable bonds is 4. The van der Waals surface area contributed by atoms with Gasteiger partial charge in [-0.3, -0.25) is 9.59 Å². The third-order valence-corrected chi connectivity index (χ3v) is 5.86. The first-order valence-corrected chi connectivity index (χ1v) is 9.63. The van der Waals surface area contributed by atoms with Crippen molar-refractivity contribution in [2.45, 2.75) is 24.9 Å². The standard InChI is InChI=1S/C23H21ClN2O2/c1-14-11-12-26-18(13-14)20(22(27)16-5-3-2-4-6-16)19(21(26)23(25)28)15-7-9-17(24)10-8-15/h2-13,18-21H,1H3,(H2,25,28).